The largest absolute Gasteiger partial charge is 0.288 e. The van der Waals surface area contributed by atoms with Gasteiger partial charge in [0.25, 0.3) is 15.9 Å². The van der Waals surface area contributed by atoms with Gasteiger partial charge in [-0.25, -0.2) is 8.42 Å². The molecule has 4 nitrogen and oxygen atoms in total. The summed E-state index contributed by atoms with van der Waals surface area (Å²) >= 11 is 3.13. The summed E-state index contributed by atoms with van der Waals surface area (Å²) in [6.45, 7) is 0. The van der Waals surface area contributed by atoms with Gasteiger partial charge in [0, 0.05) is 4.47 Å². The van der Waals surface area contributed by atoms with Crippen molar-refractivity contribution in [1.82, 2.24) is 4.72 Å². The van der Waals surface area contributed by atoms with Gasteiger partial charge in [-0.1, -0.05) is 12.1 Å². The minimum Gasteiger partial charge on any atom is -0.266 e. The molecular weight excluding hydrogens is 270 g/mol. The first kappa shape index (κ1) is 11.2. The van der Waals surface area contributed by atoms with Crippen LogP contribution in [0.4, 0.5) is 0 Å². The lowest BCUT2D eigenvalue weighted by Crippen LogP contribution is -2.22. The van der Waals surface area contributed by atoms with Crippen molar-refractivity contribution in [3.05, 3.63) is 34.3 Å². The highest BCUT2D eigenvalue weighted by Gasteiger charge is 2.15. The van der Waals surface area contributed by atoms with E-state index < -0.39 is 15.9 Å². The zero-order valence-electron chi connectivity index (χ0n) is 7.27. The lowest BCUT2D eigenvalue weighted by Gasteiger charge is -2.00. The fourth-order valence-corrected chi connectivity index (χ4v) is 1.69. The van der Waals surface area contributed by atoms with Crippen LogP contribution in [0.25, 0.3) is 0 Å². The van der Waals surface area contributed by atoms with Crippen LogP contribution in [-0.4, -0.2) is 20.6 Å². The average molecular weight is 277 g/mol. The van der Waals surface area contributed by atoms with Crippen LogP contribution < -0.4 is 4.72 Å². The average Bonchev–Trinajstić information content (AvgIpc) is 2.01. The van der Waals surface area contributed by atoms with E-state index in [0.29, 0.717) is 4.47 Å². The van der Waals surface area contributed by atoms with E-state index in [1.165, 1.54) is 6.07 Å². The Kier molecular flexibility index (Phi) is 3.28. The van der Waals surface area contributed by atoms with E-state index in [9.17, 15) is 13.2 Å². The summed E-state index contributed by atoms with van der Waals surface area (Å²) in [5.41, 5.74) is 0.234. The number of benzene rings is 1. The Morgan fingerprint density at radius 2 is 1.93 bits per heavy atom. The van der Waals surface area contributed by atoms with Gasteiger partial charge >= 0.3 is 0 Å². The third-order valence-electron chi connectivity index (χ3n) is 1.35. The third-order valence-corrected chi connectivity index (χ3v) is 2.54. The van der Waals surface area contributed by atoms with Crippen LogP contribution >= 0.6 is 15.9 Å². The van der Waals surface area contributed by atoms with Crippen molar-refractivity contribution in [3.63, 3.8) is 0 Å². The second-order valence-electron chi connectivity index (χ2n) is 2.61. The molecule has 1 aromatic rings. The first-order valence-corrected chi connectivity index (χ1v) is 6.26. The van der Waals surface area contributed by atoms with E-state index in [0.717, 1.165) is 6.26 Å². The van der Waals surface area contributed by atoms with Crippen molar-refractivity contribution in [1.29, 1.82) is 0 Å². The first-order valence-electron chi connectivity index (χ1n) is 3.62. The van der Waals surface area contributed by atoms with Crippen molar-refractivity contribution in [2.45, 2.75) is 0 Å². The summed E-state index contributed by atoms with van der Waals surface area (Å²) in [4.78, 5) is 11.3. The van der Waals surface area contributed by atoms with E-state index in [-0.39, 0.29) is 5.56 Å². The summed E-state index contributed by atoms with van der Waals surface area (Å²) in [6, 6.07) is 6.50. The molecule has 0 aromatic heterocycles. The van der Waals surface area contributed by atoms with Crippen LogP contribution in [0.5, 0.6) is 0 Å². The normalized spacial score (nSPS) is 11.0. The van der Waals surface area contributed by atoms with Crippen molar-refractivity contribution in [2.75, 3.05) is 6.26 Å². The van der Waals surface area contributed by atoms with Crippen LogP contribution in [0, 0.1) is 0 Å². The number of carbonyl (C=O) groups is 1. The molecule has 1 radical (unpaired) electrons. The zero-order chi connectivity index (χ0) is 10.8. The Balaban J connectivity index is 2.97. The van der Waals surface area contributed by atoms with Crippen LogP contribution in [-0.2, 0) is 10.0 Å². The van der Waals surface area contributed by atoms with Crippen LogP contribution in [0.3, 0.4) is 0 Å². The molecule has 1 aromatic carbocycles. The summed E-state index contributed by atoms with van der Waals surface area (Å²) in [5, 5.41) is 0. The molecule has 0 bridgehead atoms. The molecule has 0 N–H and O–H groups in total. The highest BCUT2D eigenvalue weighted by Crippen LogP contribution is 2.15. The predicted molar refractivity (Wildman–Crippen MR) is 55.5 cm³/mol. The third kappa shape index (κ3) is 3.12. The Labute approximate surface area is 90.5 Å². The fourth-order valence-electron chi connectivity index (χ4n) is 0.834. The molecule has 0 unspecified atom stereocenters. The smallest absolute Gasteiger partial charge is 0.266 e. The lowest BCUT2D eigenvalue weighted by molar-refractivity contribution is 0.0977. The topological polar surface area (TPSA) is 65.3 Å². The lowest BCUT2D eigenvalue weighted by atomic mass is 10.2. The molecule has 14 heavy (non-hydrogen) atoms. The number of sulfonamides is 1. The molecule has 0 aliphatic heterocycles. The molecule has 0 fully saturated rings. The van der Waals surface area contributed by atoms with Crippen LogP contribution in [0.1, 0.15) is 10.4 Å². The highest BCUT2D eigenvalue weighted by atomic mass is 79.9. The standard InChI is InChI=1S/C8H7BrNO3S/c1-14(12,13)10-8(11)6-4-2-3-5-7(6)9/h2-5H,1H3. The van der Waals surface area contributed by atoms with Crippen molar-refractivity contribution >= 4 is 31.9 Å². The molecule has 0 aliphatic rings. The molecular formula is C8H7BrNO3S. The van der Waals surface area contributed by atoms with E-state index in [1.54, 1.807) is 18.2 Å². The first-order chi connectivity index (χ1) is 6.40. The van der Waals surface area contributed by atoms with Crippen molar-refractivity contribution < 1.29 is 13.2 Å². The number of halogens is 1. The maximum absolute atomic E-state index is 11.3. The van der Waals surface area contributed by atoms with Gasteiger partial charge in [0.15, 0.2) is 0 Å². The molecule has 1 amide bonds. The fraction of sp³-hybridized carbons (Fsp3) is 0.125. The summed E-state index contributed by atoms with van der Waals surface area (Å²) in [6.07, 6.45) is 0.877. The van der Waals surface area contributed by atoms with Crippen molar-refractivity contribution in [3.8, 4) is 0 Å². The molecule has 0 saturated heterocycles. The highest BCUT2D eigenvalue weighted by molar-refractivity contribution is 9.10. The molecule has 0 spiro atoms. The maximum atomic E-state index is 11.3. The number of carbonyl (C=O) groups excluding carboxylic acids is 1. The molecule has 0 heterocycles. The van der Waals surface area contributed by atoms with E-state index in [2.05, 4.69) is 20.7 Å². The molecule has 0 atom stereocenters. The van der Waals surface area contributed by atoms with E-state index >= 15 is 0 Å². The summed E-state index contributed by atoms with van der Waals surface area (Å²) in [5.74, 6) is -0.764. The Morgan fingerprint density at radius 1 is 1.36 bits per heavy atom. The van der Waals surface area contributed by atoms with Gasteiger partial charge in [-0.15, -0.1) is 4.72 Å². The number of nitrogens with zero attached hydrogens (tertiary/aromatic N) is 1. The van der Waals surface area contributed by atoms with Crippen molar-refractivity contribution in [2.24, 2.45) is 0 Å². The van der Waals surface area contributed by atoms with Gasteiger partial charge in [-0.3, -0.25) is 4.79 Å². The summed E-state index contributed by atoms with van der Waals surface area (Å²) < 4.78 is 25.0. The minimum absolute atomic E-state index is 0.234. The minimum atomic E-state index is -3.63. The predicted octanol–water partition coefficient (Wildman–Crippen LogP) is 1.15. The monoisotopic (exact) mass is 276 g/mol. The Morgan fingerprint density at radius 3 is 2.43 bits per heavy atom. The van der Waals surface area contributed by atoms with Gasteiger partial charge in [-0.05, 0) is 28.1 Å². The Bertz CT molecular complexity index is 455. The van der Waals surface area contributed by atoms with E-state index in [4.69, 9.17) is 0 Å². The number of amides is 1. The van der Waals surface area contributed by atoms with Crippen LogP contribution in [0.15, 0.2) is 28.7 Å². The SMILES string of the molecule is CS(=O)(=O)[N]C(=O)c1ccccc1Br. The molecule has 75 valence electrons. The van der Waals surface area contributed by atoms with Crippen LogP contribution in [0.2, 0.25) is 0 Å². The van der Waals surface area contributed by atoms with Gasteiger partial charge in [0.1, 0.15) is 0 Å². The maximum Gasteiger partial charge on any atom is 0.288 e. The molecule has 0 saturated carbocycles. The quantitative estimate of drug-likeness (QED) is 0.814. The number of hydrogen-bond donors (Lipinski definition) is 0. The Hall–Kier alpha value is -0.880. The van der Waals surface area contributed by atoms with Gasteiger partial charge in [0.2, 0.25) is 0 Å². The van der Waals surface area contributed by atoms with Gasteiger partial charge < -0.3 is 0 Å². The van der Waals surface area contributed by atoms with Gasteiger partial charge in [-0.2, -0.15) is 0 Å². The second kappa shape index (κ2) is 4.10. The molecule has 1 rings (SSSR count). The summed E-state index contributed by atoms with van der Waals surface area (Å²) in [7, 11) is -3.63. The zero-order valence-corrected chi connectivity index (χ0v) is 9.67. The molecule has 6 heteroatoms. The number of hydrogen-bond acceptors (Lipinski definition) is 3. The van der Waals surface area contributed by atoms with E-state index in [1.807, 2.05) is 0 Å². The number of rotatable bonds is 2. The second-order valence-corrected chi connectivity index (χ2v) is 5.11. The molecule has 0 aliphatic carbocycles. The van der Waals surface area contributed by atoms with Gasteiger partial charge in [0.05, 0.1) is 11.8 Å².